The summed E-state index contributed by atoms with van der Waals surface area (Å²) in [6, 6.07) is 2.89. The summed E-state index contributed by atoms with van der Waals surface area (Å²) in [5.74, 6) is 0.256. The van der Waals surface area contributed by atoms with Gasteiger partial charge in [0.25, 0.3) is 0 Å². The van der Waals surface area contributed by atoms with E-state index >= 15 is 0 Å². The lowest BCUT2D eigenvalue weighted by molar-refractivity contribution is -0.402. The zero-order chi connectivity index (χ0) is 9.68. The Morgan fingerprint density at radius 1 is 1.69 bits per heavy atom. The summed E-state index contributed by atoms with van der Waals surface area (Å²) < 4.78 is 4.88. The minimum atomic E-state index is -0.560. The fourth-order valence-corrected chi connectivity index (χ4v) is 0.823. The van der Waals surface area contributed by atoms with Crippen LogP contribution in [-0.2, 0) is 0 Å². The molecule has 0 unspecified atom stereocenters. The largest absolute Gasteiger partial charge is 0.433 e. The zero-order valence-electron chi connectivity index (χ0n) is 7.19. The molecule has 0 bridgehead atoms. The minimum absolute atomic E-state index is 0.232. The maximum absolute atomic E-state index is 10.2. The molecule has 0 aliphatic heterocycles. The Bertz CT molecular complexity index is 317. The molecule has 0 saturated heterocycles. The van der Waals surface area contributed by atoms with Gasteiger partial charge < -0.3 is 9.73 Å². The third kappa shape index (κ3) is 2.72. The number of likely N-dealkylation sites (N-methyl/N-ethyl adjacent to an activating group) is 1. The molecule has 1 heterocycles. The van der Waals surface area contributed by atoms with Crippen molar-refractivity contribution in [3.8, 4) is 0 Å². The van der Waals surface area contributed by atoms with Crippen molar-refractivity contribution in [2.24, 2.45) is 0 Å². The molecule has 0 amide bonds. The van der Waals surface area contributed by atoms with E-state index in [0.717, 1.165) is 0 Å². The van der Waals surface area contributed by atoms with Gasteiger partial charge in [-0.25, -0.2) is 0 Å². The standard InChI is InChI=1S/C8H10N2O3/c1-9-6-2-3-7-4-5-8(13-7)10(11)12/h2-5,9H,6H2,1H3. The molecular weight excluding hydrogens is 172 g/mol. The number of furan rings is 1. The van der Waals surface area contributed by atoms with Gasteiger partial charge in [-0.15, -0.1) is 0 Å². The van der Waals surface area contributed by atoms with Crippen LogP contribution < -0.4 is 5.32 Å². The summed E-state index contributed by atoms with van der Waals surface area (Å²) >= 11 is 0. The second-order valence-corrected chi connectivity index (χ2v) is 2.39. The first-order chi connectivity index (χ1) is 6.24. The molecule has 0 aliphatic rings. The Kier molecular flexibility index (Phi) is 3.22. The van der Waals surface area contributed by atoms with E-state index < -0.39 is 4.92 Å². The van der Waals surface area contributed by atoms with Crippen molar-refractivity contribution in [3.05, 3.63) is 34.1 Å². The number of hydrogen-bond acceptors (Lipinski definition) is 4. The average Bonchev–Trinajstić information content (AvgIpc) is 2.53. The molecule has 0 atom stereocenters. The number of nitro groups is 1. The molecule has 0 aliphatic carbocycles. The van der Waals surface area contributed by atoms with Gasteiger partial charge in [-0.05, 0) is 19.2 Å². The van der Waals surface area contributed by atoms with Crippen molar-refractivity contribution >= 4 is 12.0 Å². The summed E-state index contributed by atoms with van der Waals surface area (Å²) in [7, 11) is 1.81. The van der Waals surface area contributed by atoms with Crippen LogP contribution in [-0.4, -0.2) is 18.5 Å². The van der Waals surface area contributed by atoms with Crippen molar-refractivity contribution in [1.29, 1.82) is 0 Å². The second kappa shape index (κ2) is 4.42. The van der Waals surface area contributed by atoms with Gasteiger partial charge in [0.15, 0.2) is 0 Å². The van der Waals surface area contributed by atoms with Gasteiger partial charge in [0, 0.05) is 6.54 Å². The van der Waals surface area contributed by atoms with Crippen LogP contribution in [0.3, 0.4) is 0 Å². The molecule has 1 N–H and O–H groups in total. The highest BCUT2D eigenvalue weighted by Gasteiger charge is 2.09. The normalized spacial score (nSPS) is 10.8. The van der Waals surface area contributed by atoms with E-state index in [1.807, 2.05) is 13.1 Å². The Morgan fingerprint density at radius 3 is 3.00 bits per heavy atom. The monoisotopic (exact) mass is 182 g/mol. The van der Waals surface area contributed by atoms with E-state index in [1.54, 1.807) is 12.1 Å². The molecule has 1 rings (SSSR count). The topological polar surface area (TPSA) is 68.3 Å². The van der Waals surface area contributed by atoms with Gasteiger partial charge in [-0.2, -0.15) is 0 Å². The molecule has 0 fully saturated rings. The van der Waals surface area contributed by atoms with Crippen LogP contribution in [0.2, 0.25) is 0 Å². The Hall–Kier alpha value is -1.62. The van der Waals surface area contributed by atoms with E-state index in [-0.39, 0.29) is 5.88 Å². The summed E-state index contributed by atoms with van der Waals surface area (Å²) in [6.45, 7) is 0.703. The number of nitrogens with zero attached hydrogens (tertiary/aromatic N) is 1. The fraction of sp³-hybridized carbons (Fsp3) is 0.250. The lowest BCUT2D eigenvalue weighted by Crippen LogP contribution is -2.03. The highest BCUT2D eigenvalue weighted by atomic mass is 16.6. The first-order valence-corrected chi connectivity index (χ1v) is 3.79. The average molecular weight is 182 g/mol. The van der Waals surface area contributed by atoms with Crippen LogP contribution in [0.4, 0.5) is 5.88 Å². The van der Waals surface area contributed by atoms with Gasteiger partial charge in [0.2, 0.25) is 0 Å². The van der Waals surface area contributed by atoms with Crippen molar-refractivity contribution < 1.29 is 9.34 Å². The summed E-state index contributed by atoms with van der Waals surface area (Å²) in [4.78, 5) is 9.66. The fourth-order valence-electron chi connectivity index (χ4n) is 0.823. The molecule has 1 aromatic heterocycles. The van der Waals surface area contributed by atoms with Gasteiger partial charge >= 0.3 is 5.88 Å². The summed E-state index contributed by atoms with van der Waals surface area (Å²) in [6.07, 6.45) is 3.51. The molecule has 0 spiro atoms. The quantitative estimate of drug-likeness (QED) is 0.564. The van der Waals surface area contributed by atoms with E-state index in [0.29, 0.717) is 12.3 Å². The predicted molar refractivity (Wildman–Crippen MR) is 48.3 cm³/mol. The molecule has 5 heteroatoms. The van der Waals surface area contributed by atoms with Gasteiger partial charge in [-0.1, -0.05) is 6.08 Å². The molecular formula is C8H10N2O3. The third-order valence-electron chi connectivity index (χ3n) is 1.40. The van der Waals surface area contributed by atoms with E-state index in [2.05, 4.69) is 5.32 Å². The van der Waals surface area contributed by atoms with Crippen LogP contribution in [0.25, 0.3) is 6.08 Å². The number of nitrogens with one attached hydrogen (secondary N) is 1. The number of hydrogen-bond donors (Lipinski definition) is 1. The van der Waals surface area contributed by atoms with Crippen molar-refractivity contribution in [2.75, 3.05) is 13.6 Å². The molecule has 1 aromatic rings. The minimum Gasteiger partial charge on any atom is -0.401 e. The van der Waals surface area contributed by atoms with E-state index in [4.69, 9.17) is 4.42 Å². The van der Waals surface area contributed by atoms with Crippen molar-refractivity contribution in [3.63, 3.8) is 0 Å². The van der Waals surface area contributed by atoms with Crippen molar-refractivity contribution in [2.45, 2.75) is 0 Å². The van der Waals surface area contributed by atoms with Gasteiger partial charge in [-0.3, -0.25) is 10.1 Å². The van der Waals surface area contributed by atoms with Crippen LogP contribution in [0.15, 0.2) is 22.6 Å². The maximum atomic E-state index is 10.2. The third-order valence-corrected chi connectivity index (χ3v) is 1.40. The molecule has 5 nitrogen and oxygen atoms in total. The summed E-state index contributed by atoms with van der Waals surface area (Å²) in [5.41, 5.74) is 0. The highest BCUT2D eigenvalue weighted by Crippen LogP contribution is 2.16. The predicted octanol–water partition coefficient (Wildman–Crippen LogP) is 1.42. The Morgan fingerprint density at radius 2 is 2.46 bits per heavy atom. The SMILES string of the molecule is CNCC=Cc1ccc([N+](=O)[O-])o1. The van der Waals surface area contributed by atoms with Crippen molar-refractivity contribution in [1.82, 2.24) is 5.32 Å². The molecule has 0 saturated carbocycles. The van der Waals surface area contributed by atoms with E-state index in [1.165, 1.54) is 6.07 Å². The zero-order valence-corrected chi connectivity index (χ0v) is 7.19. The molecule has 13 heavy (non-hydrogen) atoms. The van der Waals surface area contributed by atoms with Crippen LogP contribution >= 0.6 is 0 Å². The van der Waals surface area contributed by atoms with Gasteiger partial charge in [0.1, 0.15) is 10.7 Å². The lowest BCUT2D eigenvalue weighted by Gasteiger charge is -1.86. The summed E-state index contributed by atoms with van der Waals surface area (Å²) in [5, 5.41) is 13.1. The maximum Gasteiger partial charge on any atom is 0.433 e. The van der Waals surface area contributed by atoms with Crippen LogP contribution in [0.5, 0.6) is 0 Å². The van der Waals surface area contributed by atoms with Crippen LogP contribution in [0.1, 0.15) is 5.76 Å². The van der Waals surface area contributed by atoms with Gasteiger partial charge in [0.05, 0.1) is 6.07 Å². The Labute approximate surface area is 75.2 Å². The number of rotatable bonds is 4. The Balaban J connectivity index is 2.64. The van der Waals surface area contributed by atoms with E-state index in [9.17, 15) is 10.1 Å². The smallest absolute Gasteiger partial charge is 0.401 e. The lowest BCUT2D eigenvalue weighted by atomic mass is 10.4. The highest BCUT2D eigenvalue weighted by molar-refractivity contribution is 5.44. The molecule has 0 aromatic carbocycles. The molecule has 70 valence electrons. The first kappa shape index (κ1) is 9.47. The molecule has 0 radical (unpaired) electrons. The second-order valence-electron chi connectivity index (χ2n) is 2.39. The van der Waals surface area contributed by atoms with Crippen LogP contribution in [0, 0.1) is 10.1 Å². The first-order valence-electron chi connectivity index (χ1n) is 3.79.